The maximum Gasteiger partial charge on any atom is 0.264 e. The molecule has 0 radical (unpaired) electrons. The van der Waals surface area contributed by atoms with Gasteiger partial charge in [-0.2, -0.15) is 0 Å². The molecule has 5 rings (SSSR count). The largest absolute Gasteiger partial charge is 0.487 e. The molecule has 1 amide bonds. The van der Waals surface area contributed by atoms with E-state index in [1.54, 1.807) is 25.1 Å². The predicted molar refractivity (Wildman–Crippen MR) is 162 cm³/mol. The van der Waals surface area contributed by atoms with Crippen molar-refractivity contribution < 1.29 is 22.7 Å². The van der Waals surface area contributed by atoms with Crippen LogP contribution in [0.15, 0.2) is 48.6 Å². The normalized spacial score (nSPS) is 29.3. The average Bonchev–Trinajstić information content (AvgIpc) is 2.96. The summed E-state index contributed by atoms with van der Waals surface area (Å²) in [6.07, 6.45) is 10.2. The van der Waals surface area contributed by atoms with Crippen molar-refractivity contribution in [2.45, 2.75) is 64.2 Å². The van der Waals surface area contributed by atoms with Crippen LogP contribution in [-0.4, -0.2) is 39.0 Å². The Hall–Kier alpha value is -2.84. The lowest BCUT2D eigenvalue weighted by Gasteiger charge is -2.43. The number of nitrogens with zero attached hydrogens (tertiary/aromatic N) is 1. The minimum atomic E-state index is -3.92. The number of nitrogens with one attached hydrogen (secondary N) is 1. The smallest absolute Gasteiger partial charge is 0.264 e. The summed E-state index contributed by atoms with van der Waals surface area (Å²) in [5.41, 5.74) is 3.27. The van der Waals surface area contributed by atoms with Crippen LogP contribution in [0.5, 0.6) is 5.75 Å². The molecule has 2 bridgehead atoms. The standard InChI is InChI=1S/C32H39ClN2O5S/c1-21-6-5-8-26(19-36)29-13-10-25(29)18-35-15-4-3-7-23-16-28(33)12-9-27(23)20-40-31-14-11-24(17-30(31)35)32(37)34-41(38,39)22(21)2/h5,8-9,11-12,14,16-17,19,21-22,25-26,29H,3-4,6-7,10,13,15,18,20H2,1-2H3,(H,34,37)/b8-5+/t21-,22+,25-,26?,29+/m0/s1. The van der Waals surface area contributed by atoms with Crippen LogP contribution in [0.1, 0.15) is 67.4 Å². The number of anilines is 1. The van der Waals surface area contributed by atoms with E-state index in [1.807, 2.05) is 37.3 Å². The zero-order valence-corrected chi connectivity index (χ0v) is 25.3. The topological polar surface area (TPSA) is 92.8 Å². The number of hydrogen-bond donors (Lipinski definition) is 1. The van der Waals surface area contributed by atoms with Crippen molar-refractivity contribution in [3.8, 4) is 5.75 Å². The molecule has 7 nitrogen and oxygen atoms in total. The summed E-state index contributed by atoms with van der Waals surface area (Å²) in [5.74, 6) is 0.109. The second kappa shape index (κ2) is 12.6. The Balaban J connectivity index is 1.55. The number of allylic oxidation sites excluding steroid dienone is 2. The zero-order chi connectivity index (χ0) is 29.1. The number of rotatable bonds is 1. The van der Waals surface area contributed by atoms with Crippen LogP contribution in [0.4, 0.5) is 5.69 Å². The molecule has 1 saturated carbocycles. The van der Waals surface area contributed by atoms with Gasteiger partial charge in [-0.3, -0.25) is 4.79 Å². The van der Waals surface area contributed by atoms with Gasteiger partial charge in [-0.15, -0.1) is 0 Å². The van der Waals surface area contributed by atoms with Crippen molar-refractivity contribution in [2.24, 2.45) is 23.7 Å². The van der Waals surface area contributed by atoms with E-state index in [9.17, 15) is 18.0 Å². The number of hydrogen-bond acceptors (Lipinski definition) is 6. The predicted octanol–water partition coefficient (Wildman–Crippen LogP) is 5.95. The highest BCUT2D eigenvalue weighted by atomic mass is 35.5. The molecule has 9 heteroatoms. The van der Waals surface area contributed by atoms with Gasteiger partial charge in [-0.25, -0.2) is 13.1 Å². The molecule has 2 aromatic rings. The van der Waals surface area contributed by atoms with Crippen molar-refractivity contribution in [1.82, 2.24) is 4.72 Å². The van der Waals surface area contributed by atoms with Gasteiger partial charge < -0.3 is 14.4 Å². The van der Waals surface area contributed by atoms with Crippen LogP contribution in [0.25, 0.3) is 0 Å². The maximum atomic E-state index is 13.3. The third-order valence-corrected chi connectivity index (χ3v) is 11.4. The fourth-order valence-corrected chi connectivity index (χ4v) is 7.69. The Morgan fingerprint density at radius 1 is 1.07 bits per heavy atom. The molecular weight excluding hydrogens is 560 g/mol. The van der Waals surface area contributed by atoms with Crippen LogP contribution in [-0.2, 0) is 27.8 Å². The Morgan fingerprint density at radius 3 is 2.66 bits per heavy atom. The fourth-order valence-electron chi connectivity index (χ4n) is 6.21. The summed E-state index contributed by atoms with van der Waals surface area (Å²) in [4.78, 5) is 27.7. The van der Waals surface area contributed by atoms with Crippen LogP contribution < -0.4 is 14.4 Å². The molecule has 1 unspecified atom stereocenters. The summed E-state index contributed by atoms with van der Waals surface area (Å²) in [6.45, 7) is 5.30. The second-order valence-corrected chi connectivity index (χ2v) is 14.3. The third kappa shape index (κ3) is 6.64. The lowest BCUT2D eigenvalue weighted by molar-refractivity contribution is -0.112. The summed E-state index contributed by atoms with van der Waals surface area (Å²) >= 11 is 6.30. The maximum absolute atomic E-state index is 13.3. The number of carbonyl (C=O) groups is 2. The number of benzene rings is 2. The summed E-state index contributed by atoms with van der Waals surface area (Å²) in [7, 11) is -3.92. The van der Waals surface area contributed by atoms with E-state index < -0.39 is 21.2 Å². The molecule has 1 aliphatic carbocycles. The molecule has 0 saturated heterocycles. The van der Waals surface area contributed by atoms with Gasteiger partial charge in [0.25, 0.3) is 5.91 Å². The Morgan fingerprint density at radius 2 is 1.90 bits per heavy atom. The summed E-state index contributed by atoms with van der Waals surface area (Å²) in [6, 6.07) is 11.0. The van der Waals surface area contributed by atoms with Crippen molar-refractivity contribution in [3.05, 3.63) is 70.3 Å². The first-order valence-electron chi connectivity index (χ1n) is 14.6. The number of aldehydes is 1. The van der Waals surface area contributed by atoms with Gasteiger partial charge in [0.15, 0.2) is 0 Å². The zero-order valence-electron chi connectivity index (χ0n) is 23.7. The highest BCUT2D eigenvalue weighted by molar-refractivity contribution is 7.90. The van der Waals surface area contributed by atoms with E-state index in [-0.39, 0.29) is 23.3 Å². The number of aryl methyl sites for hydroxylation is 1. The first-order chi connectivity index (χ1) is 19.7. The minimum Gasteiger partial charge on any atom is -0.487 e. The van der Waals surface area contributed by atoms with E-state index >= 15 is 0 Å². The van der Waals surface area contributed by atoms with Crippen molar-refractivity contribution >= 4 is 39.5 Å². The van der Waals surface area contributed by atoms with Crippen molar-refractivity contribution in [2.75, 3.05) is 18.0 Å². The minimum absolute atomic E-state index is 0.203. The lowest BCUT2D eigenvalue weighted by Crippen LogP contribution is -2.42. The summed E-state index contributed by atoms with van der Waals surface area (Å²) < 4.78 is 35.0. The molecule has 1 N–H and O–H groups in total. The Kier molecular flexibility index (Phi) is 9.09. The highest BCUT2D eigenvalue weighted by Crippen LogP contribution is 2.42. The number of ether oxygens (including phenoxy) is 1. The van der Waals surface area contributed by atoms with Crippen LogP contribution in [0, 0.1) is 23.7 Å². The molecular formula is C32H39ClN2O5S. The van der Waals surface area contributed by atoms with E-state index in [2.05, 4.69) is 9.62 Å². The van der Waals surface area contributed by atoms with Gasteiger partial charge in [0.1, 0.15) is 18.6 Å². The highest BCUT2D eigenvalue weighted by Gasteiger charge is 2.37. The first-order valence-corrected chi connectivity index (χ1v) is 16.6. The van der Waals surface area contributed by atoms with Gasteiger partial charge in [0.05, 0.1) is 10.9 Å². The average molecular weight is 599 g/mol. The van der Waals surface area contributed by atoms with E-state index in [4.69, 9.17) is 16.3 Å². The lowest BCUT2D eigenvalue weighted by atomic mass is 9.67. The Labute approximate surface area is 248 Å². The monoisotopic (exact) mass is 598 g/mol. The molecule has 2 aromatic carbocycles. The van der Waals surface area contributed by atoms with Crippen molar-refractivity contribution in [1.29, 1.82) is 0 Å². The summed E-state index contributed by atoms with van der Waals surface area (Å²) in [5, 5.41) is -0.0855. The fraction of sp³-hybridized carbons (Fsp3) is 0.500. The Bertz CT molecular complexity index is 1430. The van der Waals surface area contributed by atoms with Crippen LogP contribution in [0.2, 0.25) is 5.02 Å². The molecule has 0 spiro atoms. The number of carbonyl (C=O) groups excluding carboxylic acids is 2. The first kappa shape index (κ1) is 29.6. The van der Waals surface area contributed by atoms with Gasteiger partial charge in [-0.1, -0.05) is 36.7 Å². The molecule has 1 fully saturated rings. The quantitative estimate of drug-likeness (QED) is 0.322. The molecule has 0 aromatic heterocycles. The molecule has 2 aliphatic heterocycles. The molecule has 3 aliphatic rings. The van der Waals surface area contributed by atoms with Gasteiger partial charge in [0, 0.05) is 29.6 Å². The van der Waals surface area contributed by atoms with E-state index in [1.165, 1.54) is 5.56 Å². The van der Waals surface area contributed by atoms with Gasteiger partial charge >= 0.3 is 0 Å². The van der Waals surface area contributed by atoms with Gasteiger partial charge in [-0.05, 0) is 105 Å². The van der Waals surface area contributed by atoms with Crippen molar-refractivity contribution in [3.63, 3.8) is 0 Å². The third-order valence-electron chi connectivity index (χ3n) is 9.21. The van der Waals surface area contributed by atoms with E-state index in [0.717, 1.165) is 62.7 Å². The SMILES string of the molecule is C[C@@H]1[C@@H](C)C/C=C/C(C=O)[C@@H]2CC[C@H]2CN2CCCCc3cc(Cl)ccc3COc3ccc(cc32)C(=O)NS1(=O)=O. The number of fused-ring (bicyclic) bond motifs is 3. The van der Waals surface area contributed by atoms with Crippen LogP contribution >= 0.6 is 11.6 Å². The molecule has 220 valence electrons. The number of sulfonamides is 1. The molecule has 5 atom stereocenters. The van der Waals surface area contributed by atoms with Crippen LogP contribution in [0.3, 0.4) is 0 Å². The van der Waals surface area contributed by atoms with Gasteiger partial charge in [0.2, 0.25) is 10.0 Å². The molecule has 2 heterocycles. The number of halogens is 1. The number of amides is 1. The molecule has 41 heavy (non-hydrogen) atoms. The van der Waals surface area contributed by atoms with E-state index in [0.29, 0.717) is 29.7 Å². The second-order valence-electron chi connectivity index (χ2n) is 11.8.